The van der Waals surface area contributed by atoms with Crippen molar-refractivity contribution in [1.29, 1.82) is 0 Å². The van der Waals surface area contributed by atoms with Gasteiger partial charge in [-0.1, -0.05) is 20.8 Å². The van der Waals surface area contributed by atoms with Gasteiger partial charge in [-0.3, -0.25) is 9.48 Å². The first-order valence-corrected chi connectivity index (χ1v) is 9.26. The molecule has 0 saturated heterocycles. The average Bonchev–Trinajstić information content (AvgIpc) is 2.72. The second-order valence-corrected chi connectivity index (χ2v) is 8.35. The minimum absolute atomic E-state index is 0.00357. The van der Waals surface area contributed by atoms with E-state index in [2.05, 4.69) is 43.7 Å². The molecule has 1 aromatic heterocycles. The topological polar surface area (TPSA) is 53.4 Å². The third-order valence-corrected chi connectivity index (χ3v) is 3.49. The molecule has 1 heterocycles. The lowest BCUT2D eigenvalue weighted by atomic mass is 9.86. The molecule has 0 saturated carbocycles. The summed E-state index contributed by atoms with van der Waals surface area (Å²) in [6.07, 6.45) is 3.64. The minimum atomic E-state index is -1.15. The van der Waals surface area contributed by atoms with E-state index in [0.717, 1.165) is 5.56 Å². The number of nitrogens with zero attached hydrogens (tertiary/aromatic N) is 2. The van der Waals surface area contributed by atoms with Crippen molar-refractivity contribution in [2.45, 2.75) is 46.5 Å². The Kier molecular flexibility index (Phi) is 5.31. The largest absolute Gasteiger partial charge is 0.468 e. The van der Waals surface area contributed by atoms with Crippen molar-refractivity contribution in [1.82, 2.24) is 9.78 Å². The van der Waals surface area contributed by atoms with Crippen LogP contribution in [0.25, 0.3) is 0 Å². The van der Waals surface area contributed by atoms with Crippen molar-refractivity contribution in [3.8, 4) is 0 Å². The van der Waals surface area contributed by atoms with Gasteiger partial charge in [-0.05, 0) is 18.5 Å². The maximum atomic E-state index is 11.2. The number of rotatable bonds is 5. The van der Waals surface area contributed by atoms with E-state index in [1.807, 2.05) is 6.20 Å². The zero-order valence-electron chi connectivity index (χ0n) is 12.6. The fraction of sp³-hybridized carbons (Fsp3) is 0.692. The Hall–Kier alpha value is -1.14. The van der Waals surface area contributed by atoms with Gasteiger partial charge < -0.3 is 9.16 Å². The lowest BCUT2D eigenvalue weighted by Crippen LogP contribution is -2.25. The second-order valence-electron chi connectivity index (χ2n) is 5.98. The molecule has 5 nitrogen and oxygen atoms in total. The third-order valence-electron chi connectivity index (χ3n) is 2.67. The van der Waals surface area contributed by atoms with Gasteiger partial charge in [0.2, 0.25) is 0 Å². The quantitative estimate of drug-likeness (QED) is 0.614. The number of ether oxygens (including phenoxy) is 1. The first-order chi connectivity index (χ1) is 8.74. The van der Waals surface area contributed by atoms with Crippen molar-refractivity contribution in [3.05, 3.63) is 18.0 Å². The second kappa shape index (κ2) is 6.34. The van der Waals surface area contributed by atoms with Gasteiger partial charge in [-0.15, -0.1) is 0 Å². The monoisotopic (exact) mass is 284 g/mol. The number of hydrogen-bond acceptors (Lipinski definition) is 4. The molecule has 0 fully saturated rings. The van der Waals surface area contributed by atoms with Crippen LogP contribution in [-0.4, -0.2) is 31.9 Å². The van der Waals surface area contributed by atoms with Crippen LogP contribution < -0.4 is 0 Å². The van der Waals surface area contributed by atoms with E-state index in [9.17, 15) is 4.79 Å². The molecule has 0 aliphatic rings. The molecule has 6 heteroatoms. The summed E-state index contributed by atoms with van der Waals surface area (Å²) in [5.41, 5.74) is 1.01. The van der Waals surface area contributed by atoms with Gasteiger partial charge in [-0.25, -0.2) is 0 Å². The van der Waals surface area contributed by atoms with Gasteiger partial charge in [0.1, 0.15) is 6.54 Å². The van der Waals surface area contributed by atoms with E-state index < -0.39 is 9.04 Å². The maximum Gasteiger partial charge on any atom is 0.327 e. The zero-order valence-corrected chi connectivity index (χ0v) is 13.8. The number of carbonyl (C=O) groups excluding carboxylic acids is 1. The summed E-state index contributed by atoms with van der Waals surface area (Å²) >= 11 is 0. The van der Waals surface area contributed by atoms with E-state index in [1.165, 1.54) is 7.11 Å². The number of methoxy groups -OCH3 is 1. The Morgan fingerprint density at radius 2 is 2.11 bits per heavy atom. The smallest absolute Gasteiger partial charge is 0.327 e. The number of esters is 1. The molecule has 108 valence electrons. The van der Waals surface area contributed by atoms with E-state index in [4.69, 9.17) is 4.43 Å². The highest BCUT2D eigenvalue weighted by Crippen LogP contribution is 2.36. The van der Waals surface area contributed by atoms with Gasteiger partial charge in [-0.2, -0.15) is 5.10 Å². The van der Waals surface area contributed by atoms with Crippen molar-refractivity contribution in [3.63, 3.8) is 0 Å². The maximum absolute atomic E-state index is 11.2. The van der Waals surface area contributed by atoms with Crippen LogP contribution in [-0.2, 0) is 20.5 Å². The van der Waals surface area contributed by atoms with Gasteiger partial charge in [0.05, 0.1) is 19.4 Å². The Morgan fingerprint density at radius 1 is 1.47 bits per heavy atom. The first kappa shape index (κ1) is 15.9. The van der Waals surface area contributed by atoms with Crippen LogP contribution in [0.15, 0.2) is 12.4 Å². The van der Waals surface area contributed by atoms with Crippen LogP contribution in [0.4, 0.5) is 0 Å². The Morgan fingerprint density at radius 3 is 2.58 bits per heavy atom. The van der Waals surface area contributed by atoms with Crippen LogP contribution in [0.1, 0.15) is 32.4 Å². The number of carbonyl (C=O) groups is 1. The van der Waals surface area contributed by atoms with E-state index >= 15 is 0 Å². The van der Waals surface area contributed by atoms with Gasteiger partial charge in [0.25, 0.3) is 0 Å². The molecule has 1 unspecified atom stereocenters. The molecule has 0 bridgehead atoms. The number of aromatic nitrogens is 2. The van der Waals surface area contributed by atoms with Crippen LogP contribution >= 0.6 is 0 Å². The predicted octanol–water partition coefficient (Wildman–Crippen LogP) is 2.14. The lowest BCUT2D eigenvalue weighted by molar-refractivity contribution is -0.141. The highest BCUT2D eigenvalue weighted by molar-refractivity contribution is 6.48. The van der Waals surface area contributed by atoms with E-state index in [-0.39, 0.29) is 24.0 Å². The molecule has 0 N–H and O–H groups in total. The van der Waals surface area contributed by atoms with Crippen LogP contribution in [0.2, 0.25) is 13.1 Å². The highest BCUT2D eigenvalue weighted by atomic mass is 28.3. The molecule has 1 atom stereocenters. The van der Waals surface area contributed by atoms with E-state index in [1.54, 1.807) is 10.9 Å². The zero-order chi connectivity index (χ0) is 14.6. The fourth-order valence-corrected chi connectivity index (χ4v) is 2.96. The Bertz CT molecular complexity index is 424. The van der Waals surface area contributed by atoms with Crippen LogP contribution in [0.5, 0.6) is 0 Å². The van der Waals surface area contributed by atoms with Crippen molar-refractivity contribution >= 4 is 15.0 Å². The summed E-state index contributed by atoms with van der Waals surface area (Å²) < 4.78 is 12.3. The Balaban J connectivity index is 2.89. The molecule has 0 radical (unpaired) electrons. The molecule has 1 aromatic rings. The molecule has 0 amide bonds. The summed E-state index contributed by atoms with van der Waals surface area (Å²) in [5, 5.41) is 4.20. The third kappa shape index (κ3) is 4.79. The van der Waals surface area contributed by atoms with Crippen molar-refractivity contribution in [2.24, 2.45) is 5.41 Å². The van der Waals surface area contributed by atoms with Gasteiger partial charge in [0.15, 0.2) is 9.04 Å². The summed E-state index contributed by atoms with van der Waals surface area (Å²) in [6.45, 7) is 10.9. The molecular weight excluding hydrogens is 260 g/mol. The number of hydrogen-bond donors (Lipinski definition) is 0. The SMILES string of the molecule is COC(=O)Cn1cc(C(O[SiH](C)C)C(C)(C)C)cn1. The summed E-state index contributed by atoms with van der Waals surface area (Å²) in [4.78, 5) is 11.2. The van der Waals surface area contributed by atoms with E-state index in [0.29, 0.717) is 0 Å². The highest BCUT2D eigenvalue weighted by Gasteiger charge is 2.29. The van der Waals surface area contributed by atoms with Crippen LogP contribution in [0.3, 0.4) is 0 Å². The molecular formula is C13H24N2O3Si. The molecule has 19 heavy (non-hydrogen) atoms. The standard InChI is InChI=1S/C13H24N2O3Si/c1-13(2,3)12(18-19(5)6)10-7-14-15(8-10)9-11(16)17-4/h7-8,12,19H,9H2,1-6H3. The van der Waals surface area contributed by atoms with Crippen molar-refractivity contribution in [2.75, 3.05) is 7.11 Å². The lowest BCUT2D eigenvalue weighted by Gasteiger charge is -2.31. The van der Waals surface area contributed by atoms with Crippen LogP contribution in [0, 0.1) is 5.41 Å². The molecule has 1 rings (SSSR count). The Labute approximate surface area is 116 Å². The summed E-state index contributed by atoms with van der Waals surface area (Å²) in [7, 11) is 0.221. The van der Waals surface area contributed by atoms with Gasteiger partial charge in [0, 0.05) is 11.8 Å². The molecule has 0 aliphatic heterocycles. The van der Waals surface area contributed by atoms with Gasteiger partial charge >= 0.3 is 5.97 Å². The molecule has 0 spiro atoms. The summed E-state index contributed by atoms with van der Waals surface area (Å²) in [5.74, 6) is -0.305. The summed E-state index contributed by atoms with van der Waals surface area (Å²) in [6, 6.07) is 0. The molecule has 0 aliphatic carbocycles. The molecule has 0 aromatic carbocycles. The minimum Gasteiger partial charge on any atom is -0.468 e. The fourth-order valence-electron chi connectivity index (χ4n) is 1.85. The predicted molar refractivity (Wildman–Crippen MR) is 76.4 cm³/mol. The first-order valence-electron chi connectivity index (χ1n) is 6.48. The van der Waals surface area contributed by atoms with Crippen molar-refractivity contribution < 1.29 is 14.0 Å². The average molecular weight is 284 g/mol. The normalized spacial score (nSPS) is 13.6.